The Labute approximate surface area is 512 Å². The van der Waals surface area contributed by atoms with Gasteiger partial charge >= 0.3 is 5.97 Å². The number of aromatic hydroxyl groups is 5. The van der Waals surface area contributed by atoms with Crippen LogP contribution in [0.25, 0.3) is 11.1 Å². The first-order chi connectivity index (χ1) is 42.5. The minimum Gasteiger partial charge on any atom is -0.508 e. The van der Waals surface area contributed by atoms with E-state index in [0.717, 1.165) is 49.6 Å². The predicted molar refractivity (Wildman–Crippen MR) is 310 cm³/mol. The summed E-state index contributed by atoms with van der Waals surface area (Å²) >= 11 is 13.9. The maximum absolute atomic E-state index is 15.9. The zero-order valence-corrected chi connectivity index (χ0v) is 47.6. The second kappa shape index (κ2) is 24.3. The van der Waals surface area contributed by atoms with Gasteiger partial charge in [-0.1, -0.05) is 47.5 Å². The molecule has 89 heavy (non-hydrogen) atoms. The average molecular weight is 1260 g/mol. The lowest BCUT2D eigenvalue weighted by atomic mass is 9.89. The number of hydrogen-bond donors (Lipinski definition) is 14. The van der Waals surface area contributed by atoms with Crippen LogP contribution in [0.1, 0.15) is 75.3 Å². The number of rotatable bonds is 4. The minimum atomic E-state index is -2.15. The summed E-state index contributed by atoms with van der Waals surface area (Å²) in [7, 11) is 0.968. The Morgan fingerprint density at radius 1 is 0.562 bits per heavy atom. The number of aliphatic hydroxyl groups excluding tert-OH is 2. The third-order valence-corrected chi connectivity index (χ3v) is 15.5. The summed E-state index contributed by atoms with van der Waals surface area (Å²) in [6, 6.07) is 9.36. The number of hydrogen-bond acceptors (Lipinski definition) is 20. The van der Waals surface area contributed by atoms with Crippen LogP contribution in [0.3, 0.4) is 0 Å². The van der Waals surface area contributed by atoms with Gasteiger partial charge in [0.1, 0.15) is 89.2 Å². The third-order valence-electron chi connectivity index (χ3n) is 15.0. The molecule has 0 fully saturated rings. The summed E-state index contributed by atoms with van der Waals surface area (Å²) in [5, 5.41) is 93.6. The topological polar surface area (TPSA) is 405 Å². The molecule has 7 aromatic carbocycles. The second-order valence-electron chi connectivity index (χ2n) is 20.8. The lowest BCUT2D eigenvalue weighted by Crippen LogP contribution is -2.55. The van der Waals surface area contributed by atoms with Gasteiger partial charge < -0.3 is 97.1 Å². The van der Waals surface area contributed by atoms with Crippen LogP contribution in [0.4, 0.5) is 0 Å². The Kier molecular flexibility index (Phi) is 16.5. The molecule has 0 saturated heterocycles. The highest BCUT2D eigenvalue weighted by Gasteiger charge is 2.42. The van der Waals surface area contributed by atoms with Gasteiger partial charge in [0, 0.05) is 35.2 Å². The van der Waals surface area contributed by atoms with Gasteiger partial charge in [-0.25, -0.2) is 4.79 Å². The van der Waals surface area contributed by atoms with E-state index in [1.807, 2.05) is 0 Å². The standard InChI is InChI=1S/C61H51Cl2N7O19/c1-85-61(84)51-34-22-31(73)23-40(76)46(34)33-16-26(4-6-38(33)74)48-57(80)70-52(60(83)69-51)53(77)27-5-9-42(36(63)17-27)89-45-20-29-19-44(54(45)86-11-10-71)88-41-8-2-24(12-35(41)62)13-37-55(78)66-49(58(81)68-50(29)59(82)67-48)28-14-30(72)21-32(15-28)87-43-18-25(3-7-39(43)75)47(64)56(79)65-37/h2-9,12,14-23,37,47-53,71-77H,10-11,13,64H2,1H3,(H,65,79)(H,66,78)(H,67,82)(H,68,81)(H,69,83)(H,70,80)/t37-,47-,48-,49+,50-,51-,52+,53-/m1/s1. The molecule has 7 aromatic rings. The molecule has 6 heterocycles. The van der Waals surface area contributed by atoms with E-state index in [0.29, 0.717) is 5.56 Å². The molecule has 6 aliphatic rings. The van der Waals surface area contributed by atoms with Crippen molar-refractivity contribution < 1.29 is 93.0 Å². The average Bonchev–Trinajstić information content (AvgIpc) is 1.98. The largest absolute Gasteiger partial charge is 0.508 e. The molecular formula is C61H51Cl2N7O19. The number of aliphatic hydroxyl groups is 2. The summed E-state index contributed by atoms with van der Waals surface area (Å²) in [6.07, 6.45) is -2.43. The Hall–Kier alpha value is -10.5. The maximum Gasteiger partial charge on any atom is 0.333 e. The first-order valence-corrected chi connectivity index (χ1v) is 27.7. The molecule has 8 atom stereocenters. The lowest BCUT2D eigenvalue weighted by Gasteiger charge is -2.31. The highest BCUT2D eigenvalue weighted by atomic mass is 35.5. The number of carbonyl (C=O) groups excluding carboxylic acids is 7. The molecule has 17 bridgehead atoms. The zero-order chi connectivity index (χ0) is 63.3. The van der Waals surface area contributed by atoms with Crippen molar-refractivity contribution in [3.63, 3.8) is 0 Å². The van der Waals surface area contributed by atoms with Crippen LogP contribution in [0, 0.1) is 0 Å². The number of ether oxygens (including phenoxy) is 5. The fraction of sp³-hybridized carbons (Fsp3) is 0.197. The van der Waals surface area contributed by atoms with E-state index in [1.54, 1.807) is 0 Å². The van der Waals surface area contributed by atoms with Gasteiger partial charge in [0.2, 0.25) is 41.2 Å². The second-order valence-corrected chi connectivity index (χ2v) is 21.7. The number of fused-ring (bicyclic) bond motifs is 14. The molecule has 26 nitrogen and oxygen atoms in total. The van der Waals surface area contributed by atoms with Crippen LogP contribution in [-0.4, -0.2) is 110 Å². The number of carbonyl (C=O) groups is 7. The summed E-state index contributed by atoms with van der Waals surface area (Å²) < 4.78 is 30.1. The van der Waals surface area contributed by atoms with Gasteiger partial charge in [-0.05, 0) is 112 Å². The van der Waals surface area contributed by atoms with E-state index in [9.17, 15) is 54.9 Å². The number of halogens is 2. The number of amides is 6. The molecule has 0 saturated carbocycles. The number of methoxy groups -OCH3 is 1. The molecule has 0 radical (unpaired) electrons. The Bertz CT molecular complexity index is 4110. The molecule has 458 valence electrons. The van der Waals surface area contributed by atoms with Crippen molar-refractivity contribution in [1.82, 2.24) is 31.9 Å². The quantitative estimate of drug-likeness (QED) is 0.106. The number of benzene rings is 7. The third kappa shape index (κ3) is 12.0. The minimum absolute atomic E-state index is 0.0954. The first kappa shape index (κ1) is 60.2. The molecule has 13 rings (SSSR count). The van der Waals surface area contributed by atoms with Crippen molar-refractivity contribution in [3.8, 4) is 80.1 Å². The SMILES string of the molecule is COC(=O)[C@@H]1NC(=O)[C@H]2NC(=O)[C@H](NC(=O)[C@@H]3NC(=O)[C@H]4NC(=O)[C@@H](Cc5ccc(c(Cl)c5)Oc5cc3cc(c5OCCO)Oc3ccc(cc3Cl)[C@H]2O)NC(=O)[C@H](N)c2ccc(O)c(c2)Oc2cc(O)cc4c2)c2ccc(O)c(c2)-c2c(O)cc(O)cc21. The van der Waals surface area contributed by atoms with E-state index in [2.05, 4.69) is 31.9 Å². The summed E-state index contributed by atoms with van der Waals surface area (Å²) in [5.41, 5.74) is 4.90. The highest BCUT2D eigenvalue weighted by molar-refractivity contribution is 6.32. The van der Waals surface area contributed by atoms with E-state index in [1.165, 1.54) is 72.8 Å². The summed E-state index contributed by atoms with van der Waals surface area (Å²) in [5.74, 6) is -13.0. The predicted octanol–water partition coefficient (Wildman–Crippen LogP) is 4.74. The monoisotopic (exact) mass is 1260 g/mol. The molecule has 15 N–H and O–H groups in total. The van der Waals surface area contributed by atoms with E-state index >= 15 is 14.4 Å². The molecule has 0 aromatic heterocycles. The van der Waals surface area contributed by atoms with Gasteiger partial charge in [0.15, 0.2) is 29.0 Å². The van der Waals surface area contributed by atoms with Crippen LogP contribution < -0.4 is 56.6 Å². The van der Waals surface area contributed by atoms with Gasteiger partial charge in [-0.3, -0.25) is 28.8 Å². The highest BCUT2D eigenvalue weighted by Crippen LogP contribution is 2.49. The van der Waals surface area contributed by atoms with Crippen molar-refractivity contribution in [2.45, 2.75) is 54.8 Å². The van der Waals surface area contributed by atoms with Crippen LogP contribution in [0.5, 0.6) is 69.0 Å². The fourth-order valence-corrected chi connectivity index (χ4v) is 11.1. The molecule has 0 spiro atoms. The Balaban J connectivity index is 1.16. The lowest BCUT2D eigenvalue weighted by molar-refractivity contribution is -0.146. The van der Waals surface area contributed by atoms with Crippen molar-refractivity contribution in [2.24, 2.45) is 5.73 Å². The Morgan fingerprint density at radius 3 is 1.83 bits per heavy atom. The van der Waals surface area contributed by atoms with E-state index in [-0.39, 0.29) is 95.7 Å². The van der Waals surface area contributed by atoms with Crippen LogP contribution >= 0.6 is 23.2 Å². The van der Waals surface area contributed by atoms with Gasteiger partial charge in [-0.15, -0.1) is 0 Å². The molecule has 0 aliphatic carbocycles. The number of nitrogens with two attached hydrogens (primary N) is 1. The number of phenols is 5. The van der Waals surface area contributed by atoms with E-state index in [4.69, 9.17) is 52.6 Å². The van der Waals surface area contributed by atoms with Gasteiger partial charge in [0.25, 0.3) is 0 Å². The fourth-order valence-electron chi connectivity index (χ4n) is 10.6. The molecule has 6 aliphatic heterocycles. The summed E-state index contributed by atoms with van der Waals surface area (Å²) in [4.78, 5) is 105. The summed E-state index contributed by atoms with van der Waals surface area (Å²) in [6.45, 7) is -1.01. The first-order valence-electron chi connectivity index (χ1n) is 27.0. The van der Waals surface area contributed by atoms with Crippen LogP contribution in [-0.2, 0) is 44.7 Å². The molecule has 0 unspecified atom stereocenters. The Morgan fingerprint density at radius 2 is 1.16 bits per heavy atom. The molecule has 28 heteroatoms. The number of phenolic OH excluding ortho intramolecular Hbond substituents is 5. The van der Waals surface area contributed by atoms with Gasteiger partial charge in [-0.2, -0.15) is 0 Å². The van der Waals surface area contributed by atoms with Crippen molar-refractivity contribution in [1.29, 1.82) is 0 Å². The van der Waals surface area contributed by atoms with Crippen molar-refractivity contribution in [2.75, 3.05) is 20.3 Å². The van der Waals surface area contributed by atoms with Crippen molar-refractivity contribution >= 4 is 64.6 Å². The number of esters is 1. The molecular weight excluding hydrogens is 1210 g/mol. The van der Waals surface area contributed by atoms with Gasteiger partial charge in [0.05, 0.1) is 23.8 Å². The number of nitrogens with one attached hydrogen (secondary N) is 6. The normalized spacial score (nSPS) is 21.5. The van der Waals surface area contributed by atoms with Crippen LogP contribution in [0.2, 0.25) is 10.0 Å². The molecule has 6 amide bonds. The van der Waals surface area contributed by atoms with Crippen LogP contribution in [0.15, 0.2) is 115 Å². The maximum atomic E-state index is 15.9. The zero-order valence-electron chi connectivity index (χ0n) is 46.1. The smallest absolute Gasteiger partial charge is 0.333 e. The van der Waals surface area contributed by atoms with Crippen molar-refractivity contribution in [3.05, 3.63) is 164 Å². The van der Waals surface area contributed by atoms with E-state index < -0.39 is 137 Å².